The first kappa shape index (κ1) is 26.5. The van der Waals surface area contributed by atoms with Gasteiger partial charge >= 0.3 is 0 Å². The van der Waals surface area contributed by atoms with Gasteiger partial charge in [-0.15, -0.1) is 0 Å². The Hall–Kier alpha value is -3.59. The van der Waals surface area contributed by atoms with E-state index in [4.69, 9.17) is 4.74 Å². The number of carbonyl (C=O) groups excluding carboxylic acids is 1. The molecule has 0 aromatic heterocycles. The number of rotatable bonds is 11. The van der Waals surface area contributed by atoms with E-state index in [9.17, 15) is 13.2 Å². The molecular formula is C29H28N2O4S2. The fraction of sp³-hybridized carbons (Fsp3) is 0.138. The monoisotopic (exact) mass is 532 g/mol. The van der Waals surface area contributed by atoms with Crippen molar-refractivity contribution in [2.45, 2.75) is 28.2 Å². The fourth-order valence-corrected chi connectivity index (χ4v) is 5.97. The first-order chi connectivity index (χ1) is 18.0. The van der Waals surface area contributed by atoms with E-state index in [-0.39, 0.29) is 18.0 Å². The number of amides is 1. The third kappa shape index (κ3) is 7.22. The second-order valence-electron chi connectivity index (χ2n) is 8.12. The van der Waals surface area contributed by atoms with Crippen molar-refractivity contribution in [1.29, 1.82) is 0 Å². The second kappa shape index (κ2) is 12.6. The molecule has 0 aliphatic carbocycles. The molecule has 0 saturated heterocycles. The van der Waals surface area contributed by atoms with E-state index in [0.717, 1.165) is 15.4 Å². The van der Waals surface area contributed by atoms with Crippen LogP contribution in [-0.4, -0.2) is 31.8 Å². The zero-order valence-corrected chi connectivity index (χ0v) is 22.0. The van der Waals surface area contributed by atoms with Gasteiger partial charge in [0.1, 0.15) is 5.75 Å². The number of para-hydroxylation sites is 1. The van der Waals surface area contributed by atoms with Crippen LogP contribution in [0.2, 0.25) is 0 Å². The Labute approximate surface area is 222 Å². The van der Waals surface area contributed by atoms with Gasteiger partial charge in [-0.1, -0.05) is 72.4 Å². The minimum Gasteiger partial charge on any atom is -0.494 e. The maximum absolute atomic E-state index is 13.6. The number of hydrogen-bond acceptors (Lipinski definition) is 5. The van der Waals surface area contributed by atoms with E-state index in [1.165, 1.54) is 28.2 Å². The Morgan fingerprint density at radius 1 is 0.838 bits per heavy atom. The summed E-state index contributed by atoms with van der Waals surface area (Å²) in [4.78, 5) is 15.2. The van der Waals surface area contributed by atoms with Gasteiger partial charge in [-0.25, -0.2) is 8.42 Å². The highest BCUT2D eigenvalue weighted by atomic mass is 32.2. The van der Waals surface area contributed by atoms with E-state index in [1.807, 2.05) is 91.9 Å². The quantitative estimate of drug-likeness (QED) is 0.254. The smallest absolute Gasteiger partial charge is 0.243 e. The topological polar surface area (TPSA) is 75.7 Å². The van der Waals surface area contributed by atoms with Gasteiger partial charge in [0.2, 0.25) is 15.9 Å². The van der Waals surface area contributed by atoms with Crippen molar-refractivity contribution >= 4 is 33.4 Å². The van der Waals surface area contributed by atoms with Crippen molar-refractivity contribution < 1.29 is 17.9 Å². The van der Waals surface area contributed by atoms with Crippen LogP contribution in [0.1, 0.15) is 12.5 Å². The van der Waals surface area contributed by atoms with E-state index >= 15 is 0 Å². The van der Waals surface area contributed by atoms with E-state index in [2.05, 4.69) is 5.32 Å². The molecule has 0 saturated carbocycles. The van der Waals surface area contributed by atoms with Crippen molar-refractivity contribution in [2.75, 3.05) is 18.5 Å². The molecule has 0 heterocycles. The molecule has 6 nitrogen and oxygen atoms in total. The number of sulfonamides is 1. The fourth-order valence-electron chi connectivity index (χ4n) is 3.66. The molecule has 8 heteroatoms. The summed E-state index contributed by atoms with van der Waals surface area (Å²) in [7, 11) is -3.97. The summed E-state index contributed by atoms with van der Waals surface area (Å²) in [5, 5.41) is 2.91. The lowest BCUT2D eigenvalue weighted by molar-refractivity contribution is -0.116. The third-order valence-corrected chi connectivity index (χ3v) is 8.32. The maximum atomic E-state index is 13.6. The van der Waals surface area contributed by atoms with Crippen molar-refractivity contribution in [3.63, 3.8) is 0 Å². The normalized spacial score (nSPS) is 11.3. The highest BCUT2D eigenvalue weighted by molar-refractivity contribution is 7.99. The van der Waals surface area contributed by atoms with Crippen LogP contribution in [0.5, 0.6) is 5.75 Å². The number of benzene rings is 4. The average molecular weight is 533 g/mol. The predicted octanol–water partition coefficient (Wildman–Crippen LogP) is 6.07. The first-order valence-corrected chi connectivity index (χ1v) is 14.1. The molecule has 0 fully saturated rings. The lowest BCUT2D eigenvalue weighted by Crippen LogP contribution is -2.37. The van der Waals surface area contributed by atoms with E-state index in [1.54, 1.807) is 12.1 Å². The standard InChI is InChI=1S/C29H28N2O4S2/c1-2-35-24-17-19-26(20-18-24)37(33,34)31(21-23-11-5-3-6-12-23)22-29(32)30-27-15-9-10-16-28(27)36-25-13-7-4-8-14-25/h3-20H,2,21-22H2,1H3,(H,30,32). The number of nitrogens with zero attached hydrogens (tertiary/aromatic N) is 1. The summed E-state index contributed by atoms with van der Waals surface area (Å²) in [6, 6.07) is 32.8. The van der Waals surface area contributed by atoms with Gasteiger partial charge in [0.05, 0.1) is 23.7 Å². The molecule has 0 aliphatic heterocycles. The van der Waals surface area contributed by atoms with Crippen LogP contribution in [0, 0.1) is 0 Å². The van der Waals surface area contributed by atoms with Crippen LogP contribution in [0.15, 0.2) is 124 Å². The highest BCUT2D eigenvalue weighted by Crippen LogP contribution is 2.33. The van der Waals surface area contributed by atoms with Crippen molar-refractivity contribution in [1.82, 2.24) is 4.31 Å². The molecule has 0 radical (unpaired) electrons. The molecule has 1 N–H and O–H groups in total. The number of hydrogen-bond donors (Lipinski definition) is 1. The molecule has 4 aromatic rings. The number of carbonyl (C=O) groups is 1. The van der Waals surface area contributed by atoms with Crippen LogP contribution in [0.3, 0.4) is 0 Å². The Morgan fingerprint density at radius 3 is 2.14 bits per heavy atom. The highest BCUT2D eigenvalue weighted by Gasteiger charge is 2.27. The number of anilines is 1. The molecule has 0 atom stereocenters. The minimum absolute atomic E-state index is 0.0597. The number of ether oxygens (including phenoxy) is 1. The van der Waals surface area contributed by atoms with Gasteiger partial charge < -0.3 is 10.1 Å². The van der Waals surface area contributed by atoms with Gasteiger partial charge in [0.15, 0.2) is 0 Å². The molecule has 37 heavy (non-hydrogen) atoms. The predicted molar refractivity (Wildman–Crippen MR) is 147 cm³/mol. The van der Waals surface area contributed by atoms with Crippen LogP contribution in [0.25, 0.3) is 0 Å². The average Bonchev–Trinajstić information content (AvgIpc) is 2.91. The van der Waals surface area contributed by atoms with E-state index < -0.39 is 15.9 Å². The molecular weight excluding hydrogens is 504 g/mol. The van der Waals surface area contributed by atoms with Crippen molar-refractivity contribution in [3.05, 3.63) is 115 Å². The first-order valence-electron chi connectivity index (χ1n) is 11.8. The van der Waals surface area contributed by atoms with E-state index in [0.29, 0.717) is 18.0 Å². The van der Waals surface area contributed by atoms with Gasteiger partial charge in [-0.2, -0.15) is 4.31 Å². The molecule has 0 spiro atoms. The molecule has 4 aromatic carbocycles. The second-order valence-corrected chi connectivity index (χ2v) is 11.2. The summed E-state index contributed by atoms with van der Waals surface area (Å²) < 4.78 is 33.8. The largest absolute Gasteiger partial charge is 0.494 e. The van der Waals surface area contributed by atoms with Crippen LogP contribution in [-0.2, 0) is 21.4 Å². The summed E-state index contributed by atoms with van der Waals surface area (Å²) in [6.07, 6.45) is 0. The molecule has 190 valence electrons. The summed E-state index contributed by atoms with van der Waals surface area (Å²) >= 11 is 1.53. The Morgan fingerprint density at radius 2 is 1.46 bits per heavy atom. The molecule has 0 aliphatic rings. The lowest BCUT2D eigenvalue weighted by Gasteiger charge is -2.22. The molecule has 0 unspecified atom stereocenters. The molecule has 0 bridgehead atoms. The maximum Gasteiger partial charge on any atom is 0.243 e. The Kier molecular flexibility index (Phi) is 9.00. The Balaban J connectivity index is 1.56. The van der Waals surface area contributed by atoms with Crippen LogP contribution < -0.4 is 10.1 Å². The molecule has 1 amide bonds. The zero-order chi connectivity index (χ0) is 26.1. The zero-order valence-electron chi connectivity index (χ0n) is 20.4. The summed E-state index contributed by atoms with van der Waals surface area (Å²) in [5.74, 6) is 0.160. The summed E-state index contributed by atoms with van der Waals surface area (Å²) in [5.41, 5.74) is 1.41. The molecule has 4 rings (SSSR count). The van der Waals surface area contributed by atoms with Gasteiger partial charge in [-0.3, -0.25) is 4.79 Å². The van der Waals surface area contributed by atoms with Gasteiger partial charge in [0, 0.05) is 16.3 Å². The van der Waals surface area contributed by atoms with Crippen LogP contribution >= 0.6 is 11.8 Å². The lowest BCUT2D eigenvalue weighted by atomic mass is 10.2. The van der Waals surface area contributed by atoms with Crippen LogP contribution in [0.4, 0.5) is 5.69 Å². The minimum atomic E-state index is -3.97. The van der Waals surface area contributed by atoms with Gasteiger partial charge in [0.25, 0.3) is 0 Å². The SMILES string of the molecule is CCOc1ccc(S(=O)(=O)N(CC(=O)Nc2ccccc2Sc2ccccc2)Cc2ccccc2)cc1. The number of nitrogens with one attached hydrogen (secondary N) is 1. The van der Waals surface area contributed by atoms with Crippen molar-refractivity contribution in [3.8, 4) is 5.75 Å². The van der Waals surface area contributed by atoms with Crippen molar-refractivity contribution in [2.24, 2.45) is 0 Å². The summed E-state index contributed by atoms with van der Waals surface area (Å²) in [6.45, 7) is 2.07. The third-order valence-electron chi connectivity index (χ3n) is 5.43. The van der Waals surface area contributed by atoms with Gasteiger partial charge in [-0.05, 0) is 61.0 Å². The Bertz CT molecular complexity index is 1410.